The summed E-state index contributed by atoms with van der Waals surface area (Å²) in [6.45, 7) is 0.182. The lowest BCUT2D eigenvalue weighted by atomic mass is 9.91. The number of amides is 3. The van der Waals surface area contributed by atoms with Crippen LogP contribution in [-0.2, 0) is 14.4 Å². The highest BCUT2D eigenvalue weighted by Crippen LogP contribution is 2.30. The van der Waals surface area contributed by atoms with Gasteiger partial charge in [0.15, 0.2) is 0 Å². The van der Waals surface area contributed by atoms with Crippen molar-refractivity contribution in [2.24, 2.45) is 23.3 Å². The van der Waals surface area contributed by atoms with Crippen LogP contribution in [0.25, 0.3) is 0 Å². The summed E-state index contributed by atoms with van der Waals surface area (Å²) in [6, 6.07) is 5.75. The van der Waals surface area contributed by atoms with E-state index in [1.54, 1.807) is 24.3 Å². The summed E-state index contributed by atoms with van der Waals surface area (Å²) < 4.78 is 31.7. The normalized spacial score (nSPS) is 16.7. The third kappa shape index (κ3) is 7.17. The van der Waals surface area contributed by atoms with Crippen molar-refractivity contribution in [2.45, 2.75) is 12.6 Å². The van der Waals surface area contributed by atoms with Gasteiger partial charge in [0.2, 0.25) is 5.91 Å². The maximum absolute atomic E-state index is 12.6. The Labute approximate surface area is 173 Å². The van der Waals surface area contributed by atoms with Crippen LogP contribution in [0.4, 0.5) is 23.7 Å². The molecule has 0 bridgehead atoms. The molecule has 0 aromatic heterocycles. The fourth-order valence-corrected chi connectivity index (χ4v) is 2.76. The van der Waals surface area contributed by atoms with Gasteiger partial charge in [-0.25, -0.2) is 9.59 Å². The third-order valence-corrected chi connectivity index (χ3v) is 4.28. The lowest BCUT2D eigenvalue weighted by Crippen LogP contribution is -2.41. The number of nitrogens with two attached hydrogens (primary N) is 2. The predicted molar refractivity (Wildman–Crippen MR) is 100 cm³/mol. The quantitative estimate of drug-likeness (QED) is 0.266. The number of nitrogens with one attached hydrogen (secondary N) is 2. The lowest BCUT2D eigenvalue weighted by Gasteiger charge is -2.20. The fourth-order valence-electron chi connectivity index (χ4n) is 2.76. The zero-order chi connectivity index (χ0) is 23.9. The van der Waals surface area contributed by atoms with Gasteiger partial charge in [0.05, 0.1) is 11.8 Å². The van der Waals surface area contributed by atoms with Crippen molar-refractivity contribution in [3.05, 3.63) is 29.8 Å². The molecular weight excluding hydrogens is 427 g/mol. The number of primary amides is 1. The van der Waals surface area contributed by atoms with Gasteiger partial charge in [-0.15, -0.1) is 0 Å². The highest BCUT2D eigenvalue weighted by atomic mass is 19.4. The molecule has 1 aromatic rings. The number of benzene rings is 1. The number of rotatable bonds is 6. The molecular formula is C17H20F3N5O6. The number of nitrogen functional groups attached to an aromatic ring is 1. The largest absolute Gasteiger partial charge is 0.490 e. The SMILES string of the molecule is N=C(N)c1ccc(N2CCC(C(CNC(N)=O)C(=O)O)C2=O)cc1.O=C(O)C(F)(F)F. The molecule has 0 saturated carbocycles. The average Bonchev–Trinajstić information content (AvgIpc) is 3.02. The maximum atomic E-state index is 12.6. The highest BCUT2D eigenvalue weighted by molar-refractivity contribution is 6.00. The molecule has 0 spiro atoms. The van der Waals surface area contributed by atoms with Gasteiger partial charge in [0, 0.05) is 24.3 Å². The molecule has 2 unspecified atom stereocenters. The van der Waals surface area contributed by atoms with Crippen LogP contribution in [-0.4, -0.2) is 59.2 Å². The molecule has 2 atom stereocenters. The summed E-state index contributed by atoms with van der Waals surface area (Å²) in [4.78, 5) is 45.2. The Kier molecular flexibility index (Phi) is 8.35. The minimum Gasteiger partial charge on any atom is -0.481 e. The Hall–Kier alpha value is -3.84. The molecule has 1 saturated heterocycles. The number of aliphatic carboxylic acids is 2. The van der Waals surface area contributed by atoms with Gasteiger partial charge < -0.3 is 31.9 Å². The van der Waals surface area contributed by atoms with Crippen molar-refractivity contribution in [1.29, 1.82) is 5.41 Å². The number of hydrogen-bond donors (Lipinski definition) is 6. The summed E-state index contributed by atoms with van der Waals surface area (Å²) in [5.41, 5.74) is 11.5. The Morgan fingerprint density at radius 1 is 1.19 bits per heavy atom. The van der Waals surface area contributed by atoms with Crippen LogP contribution in [0.15, 0.2) is 24.3 Å². The zero-order valence-corrected chi connectivity index (χ0v) is 15.8. The number of alkyl halides is 3. The molecule has 1 aliphatic rings. The molecule has 1 aromatic carbocycles. The predicted octanol–water partition coefficient (Wildman–Crippen LogP) is 0.326. The van der Waals surface area contributed by atoms with Gasteiger partial charge in [0.25, 0.3) is 0 Å². The Balaban J connectivity index is 0.000000592. The number of urea groups is 1. The van der Waals surface area contributed by atoms with E-state index in [0.717, 1.165) is 0 Å². The summed E-state index contributed by atoms with van der Waals surface area (Å²) in [6.07, 6.45) is -4.72. The van der Waals surface area contributed by atoms with Gasteiger partial charge in [-0.05, 0) is 30.7 Å². The zero-order valence-electron chi connectivity index (χ0n) is 15.8. The molecule has 2 rings (SSSR count). The summed E-state index contributed by atoms with van der Waals surface area (Å²) in [5.74, 6) is -6.07. The first-order chi connectivity index (χ1) is 14.3. The molecule has 1 fully saturated rings. The maximum Gasteiger partial charge on any atom is 0.490 e. The number of hydrogen-bond acceptors (Lipinski definition) is 5. The molecule has 1 heterocycles. The van der Waals surface area contributed by atoms with Gasteiger partial charge in [0.1, 0.15) is 5.84 Å². The van der Waals surface area contributed by atoms with Crippen molar-refractivity contribution in [1.82, 2.24) is 5.32 Å². The van der Waals surface area contributed by atoms with Crippen LogP contribution in [0.3, 0.4) is 0 Å². The smallest absolute Gasteiger partial charge is 0.481 e. The fraction of sp³-hybridized carbons (Fsp3) is 0.353. The number of nitrogens with zero attached hydrogens (tertiary/aromatic N) is 1. The number of carbonyl (C=O) groups is 4. The minimum absolute atomic E-state index is 0.0735. The second-order valence-corrected chi connectivity index (χ2v) is 6.34. The number of carbonyl (C=O) groups excluding carboxylic acids is 2. The van der Waals surface area contributed by atoms with Gasteiger partial charge in [-0.1, -0.05) is 0 Å². The summed E-state index contributed by atoms with van der Waals surface area (Å²) in [5, 5.41) is 26.1. The van der Waals surface area contributed by atoms with Crippen molar-refractivity contribution in [2.75, 3.05) is 18.0 Å². The first-order valence-corrected chi connectivity index (χ1v) is 8.57. The lowest BCUT2D eigenvalue weighted by molar-refractivity contribution is -0.192. The number of amidine groups is 1. The Bertz CT molecular complexity index is 859. The van der Waals surface area contributed by atoms with Crippen LogP contribution in [0.1, 0.15) is 12.0 Å². The molecule has 0 radical (unpaired) electrons. The van der Waals surface area contributed by atoms with Crippen LogP contribution >= 0.6 is 0 Å². The minimum atomic E-state index is -5.08. The van der Waals surface area contributed by atoms with Crippen molar-refractivity contribution in [3.63, 3.8) is 0 Å². The molecule has 3 amide bonds. The van der Waals surface area contributed by atoms with E-state index >= 15 is 0 Å². The number of carboxylic acids is 2. The average molecular weight is 447 g/mol. The first-order valence-electron chi connectivity index (χ1n) is 8.57. The van der Waals surface area contributed by atoms with Crippen molar-refractivity contribution >= 4 is 35.4 Å². The first kappa shape index (κ1) is 25.2. The van der Waals surface area contributed by atoms with Gasteiger partial charge in [-0.3, -0.25) is 15.0 Å². The van der Waals surface area contributed by atoms with E-state index in [4.69, 9.17) is 26.8 Å². The van der Waals surface area contributed by atoms with Gasteiger partial charge >= 0.3 is 24.1 Å². The number of carboxylic acid groups (broad SMARTS) is 2. The second kappa shape index (κ2) is 10.3. The third-order valence-electron chi connectivity index (χ3n) is 4.28. The number of halogens is 3. The van der Waals surface area contributed by atoms with E-state index in [1.807, 2.05) is 0 Å². The van der Waals surface area contributed by atoms with E-state index in [-0.39, 0.29) is 18.3 Å². The van der Waals surface area contributed by atoms with Crippen molar-refractivity contribution in [3.8, 4) is 0 Å². The van der Waals surface area contributed by atoms with Crippen LogP contribution in [0, 0.1) is 17.2 Å². The van der Waals surface area contributed by atoms with E-state index in [1.165, 1.54) is 4.90 Å². The van der Waals surface area contributed by atoms with E-state index in [0.29, 0.717) is 24.2 Å². The Morgan fingerprint density at radius 2 is 1.71 bits per heavy atom. The van der Waals surface area contributed by atoms with Crippen LogP contribution < -0.4 is 21.7 Å². The molecule has 31 heavy (non-hydrogen) atoms. The monoisotopic (exact) mass is 447 g/mol. The summed E-state index contributed by atoms with van der Waals surface area (Å²) >= 11 is 0. The van der Waals surface area contributed by atoms with Crippen LogP contribution in [0.5, 0.6) is 0 Å². The molecule has 8 N–H and O–H groups in total. The van der Waals surface area contributed by atoms with Crippen LogP contribution in [0.2, 0.25) is 0 Å². The highest BCUT2D eigenvalue weighted by Gasteiger charge is 2.41. The molecule has 170 valence electrons. The van der Waals surface area contributed by atoms with E-state index in [9.17, 15) is 32.7 Å². The number of anilines is 1. The molecule has 1 aliphatic heterocycles. The molecule has 11 nitrogen and oxygen atoms in total. The van der Waals surface area contributed by atoms with Crippen molar-refractivity contribution < 1.29 is 42.6 Å². The molecule has 14 heteroatoms. The topological polar surface area (TPSA) is 200 Å². The van der Waals surface area contributed by atoms with Gasteiger partial charge in [-0.2, -0.15) is 13.2 Å². The molecule has 0 aliphatic carbocycles. The second-order valence-electron chi connectivity index (χ2n) is 6.34. The Morgan fingerprint density at radius 3 is 2.10 bits per heavy atom. The van der Waals surface area contributed by atoms with E-state index in [2.05, 4.69) is 5.32 Å². The standard InChI is InChI=1S/C15H19N5O4.C2HF3O2/c16-12(17)8-1-3-9(4-2-8)20-6-5-10(13(20)21)11(14(22)23)7-19-15(18)24;3-2(4,5)1(6)7/h1-4,10-11H,5-7H2,(H3,16,17)(H,22,23)(H3,18,19,24);(H,6,7). The van der Waals surface area contributed by atoms with E-state index < -0.39 is 36.0 Å². The summed E-state index contributed by atoms with van der Waals surface area (Å²) in [7, 11) is 0.